The van der Waals surface area contributed by atoms with Crippen molar-refractivity contribution in [2.75, 3.05) is 32.8 Å². The van der Waals surface area contributed by atoms with E-state index in [1.165, 1.54) is 0 Å². The number of furan rings is 1. The quantitative estimate of drug-likeness (QED) is 0.313. The predicted molar refractivity (Wildman–Crippen MR) is 88.3 cm³/mol. The van der Waals surface area contributed by atoms with Crippen LogP contribution < -0.4 is 10.6 Å². The second-order valence-electron chi connectivity index (χ2n) is 3.71. The molecule has 1 rings (SSSR count). The van der Waals surface area contributed by atoms with Gasteiger partial charge in [-0.25, -0.2) is 0 Å². The lowest BCUT2D eigenvalue weighted by Gasteiger charge is -2.10. The molecule has 0 fully saturated rings. The van der Waals surface area contributed by atoms with Crippen molar-refractivity contribution in [1.29, 1.82) is 0 Å². The van der Waals surface area contributed by atoms with Crippen molar-refractivity contribution < 1.29 is 9.15 Å². The predicted octanol–water partition coefficient (Wildman–Crippen LogP) is 2.03. The Morgan fingerprint density at radius 1 is 1.37 bits per heavy atom. The van der Waals surface area contributed by atoms with Crippen molar-refractivity contribution in [2.45, 2.75) is 20.3 Å². The zero-order chi connectivity index (χ0) is 13.1. The molecule has 0 aromatic carbocycles. The Morgan fingerprint density at radius 3 is 2.84 bits per heavy atom. The Hall–Kier alpha value is -0.760. The van der Waals surface area contributed by atoms with Gasteiger partial charge in [-0.3, -0.25) is 4.99 Å². The fourth-order valence-electron chi connectivity index (χ4n) is 1.47. The van der Waals surface area contributed by atoms with E-state index in [9.17, 15) is 0 Å². The molecule has 1 aromatic rings. The summed E-state index contributed by atoms with van der Waals surface area (Å²) in [6, 6.07) is 3.87. The number of ether oxygens (including phenoxy) is 1. The van der Waals surface area contributed by atoms with Crippen LogP contribution in [0.15, 0.2) is 27.8 Å². The summed E-state index contributed by atoms with van der Waals surface area (Å²) in [7, 11) is 0. The number of aliphatic imine (C=N–C) groups is 1. The van der Waals surface area contributed by atoms with Crippen molar-refractivity contribution in [3.63, 3.8) is 0 Å². The molecule has 0 bridgehead atoms. The van der Waals surface area contributed by atoms with Crippen LogP contribution in [0, 0.1) is 0 Å². The van der Waals surface area contributed by atoms with E-state index in [2.05, 4.69) is 15.6 Å². The Balaban J connectivity index is 0.00000324. The summed E-state index contributed by atoms with van der Waals surface area (Å²) in [4.78, 5) is 4.41. The zero-order valence-electron chi connectivity index (χ0n) is 11.6. The van der Waals surface area contributed by atoms with Crippen LogP contribution in [-0.4, -0.2) is 38.8 Å². The maximum atomic E-state index is 5.27. The number of nitrogens with one attached hydrogen (secondary N) is 2. The molecule has 110 valence electrons. The first-order chi connectivity index (χ1) is 8.86. The number of halogens is 1. The summed E-state index contributed by atoms with van der Waals surface area (Å²) in [5, 5.41) is 6.45. The lowest BCUT2D eigenvalue weighted by atomic mass is 10.3. The van der Waals surface area contributed by atoms with Gasteiger partial charge in [0.25, 0.3) is 0 Å². The number of hydrogen-bond donors (Lipinski definition) is 2. The lowest BCUT2D eigenvalue weighted by molar-refractivity contribution is 0.155. The Bertz CT molecular complexity index is 329. The molecule has 0 aliphatic rings. The van der Waals surface area contributed by atoms with Gasteiger partial charge in [-0.1, -0.05) is 0 Å². The van der Waals surface area contributed by atoms with E-state index in [-0.39, 0.29) is 24.0 Å². The average molecular weight is 381 g/mol. The first-order valence-corrected chi connectivity index (χ1v) is 6.49. The standard InChI is InChI=1S/C13H23N3O2.HI/c1-3-14-13(16-9-11-17-4-2)15-8-7-12-6-5-10-18-12;/h5-6,10H,3-4,7-9,11H2,1-2H3,(H2,14,15,16);1H. The molecule has 0 unspecified atom stereocenters. The van der Waals surface area contributed by atoms with Crippen molar-refractivity contribution in [3.8, 4) is 0 Å². The molecule has 6 heteroatoms. The van der Waals surface area contributed by atoms with Crippen molar-refractivity contribution in [1.82, 2.24) is 10.6 Å². The monoisotopic (exact) mass is 381 g/mol. The summed E-state index contributed by atoms with van der Waals surface area (Å²) in [6.45, 7) is 7.74. The van der Waals surface area contributed by atoms with Crippen LogP contribution in [-0.2, 0) is 11.2 Å². The first-order valence-electron chi connectivity index (χ1n) is 6.49. The summed E-state index contributed by atoms with van der Waals surface area (Å²) in [5.74, 6) is 1.80. The number of guanidine groups is 1. The minimum atomic E-state index is 0. The smallest absolute Gasteiger partial charge is 0.191 e. The molecule has 19 heavy (non-hydrogen) atoms. The van der Waals surface area contributed by atoms with Gasteiger partial charge in [0.2, 0.25) is 0 Å². The molecule has 1 heterocycles. The van der Waals surface area contributed by atoms with Gasteiger partial charge < -0.3 is 19.8 Å². The molecule has 0 radical (unpaired) electrons. The molecule has 0 saturated heterocycles. The van der Waals surface area contributed by atoms with Gasteiger partial charge in [0.05, 0.1) is 19.4 Å². The van der Waals surface area contributed by atoms with Crippen molar-refractivity contribution in [2.24, 2.45) is 4.99 Å². The van der Waals surface area contributed by atoms with E-state index in [1.54, 1.807) is 6.26 Å². The molecule has 0 aliphatic heterocycles. The molecule has 0 saturated carbocycles. The SMILES string of the molecule is CCNC(=NCCOCC)NCCc1ccco1.I. The van der Waals surface area contributed by atoms with E-state index < -0.39 is 0 Å². The Labute approximate surface area is 132 Å². The van der Waals surface area contributed by atoms with Crippen molar-refractivity contribution in [3.05, 3.63) is 24.2 Å². The van der Waals surface area contributed by atoms with Crippen molar-refractivity contribution >= 4 is 29.9 Å². The van der Waals surface area contributed by atoms with Crippen LogP contribution >= 0.6 is 24.0 Å². The second kappa shape index (κ2) is 12.3. The summed E-state index contributed by atoms with van der Waals surface area (Å²) >= 11 is 0. The van der Waals surface area contributed by atoms with Crippen LogP contribution in [0.2, 0.25) is 0 Å². The third-order valence-electron chi connectivity index (χ3n) is 2.30. The van der Waals surface area contributed by atoms with Gasteiger partial charge in [0.15, 0.2) is 5.96 Å². The van der Waals surface area contributed by atoms with Gasteiger partial charge >= 0.3 is 0 Å². The third-order valence-corrected chi connectivity index (χ3v) is 2.30. The number of hydrogen-bond acceptors (Lipinski definition) is 3. The minimum absolute atomic E-state index is 0. The fourth-order valence-corrected chi connectivity index (χ4v) is 1.47. The van der Waals surface area contributed by atoms with E-state index >= 15 is 0 Å². The minimum Gasteiger partial charge on any atom is -0.469 e. The van der Waals surface area contributed by atoms with Crippen LogP contribution in [0.1, 0.15) is 19.6 Å². The number of nitrogens with zero attached hydrogens (tertiary/aromatic N) is 1. The highest BCUT2D eigenvalue weighted by Gasteiger charge is 1.98. The topological polar surface area (TPSA) is 58.8 Å². The van der Waals surface area contributed by atoms with Gasteiger partial charge in [0, 0.05) is 26.1 Å². The Morgan fingerprint density at radius 2 is 2.21 bits per heavy atom. The van der Waals surface area contributed by atoms with Gasteiger partial charge in [-0.05, 0) is 26.0 Å². The lowest BCUT2D eigenvalue weighted by Crippen LogP contribution is -2.38. The molecule has 5 nitrogen and oxygen atoms in total. The van der Waals surface area contributed by atoms with Crippen LogP contribution in [0.25, 0.3) is 0 Å². The van der Waals surface area contributed by atoms with Gasteiger partial charge in [-0.2, -0.15) is 0 Å². The number of rotatable bonds is 8. The Kier molecular flexibility index (Phi) is 11.8. The van der Waals surface area contributed by atoms with Gasteiger partial charge in [-0.15, -0.1) is 24.0 Å². The molecule has 0 spiro atoms. The summed E-state index contributed by atoms with van der Waals surface area (Å²) < 4.78 is 10.5. The molecular weight excluding hydrogens is 357 g/mol. The molecule has 0 amide bonds. The highest BCUT2D eigenvalue weighted by molar-refractivity contribution is 14.0. The third kappa shape index (κ3) is 8.88. The fraction of sp³-hybridized carbons (Fsp3) is 0.615. The van der Waals surface area contributed by atoms with E-state index in [1.807, 2.05) is 26.0 Å². The van der Waals surface area contributed by atoms with Crippen LogP contribution in [0.4, 0.5) is 0 Å². The van der Waals surface area contributed by atoms with E-state index in [0.717, 1.165) is 37.8 Å². The molecular formula is C13H24IN3O2. The second-order valence-corrected chi connectivity index (χ2v) is 3.71. The first kappa shape index (κ1) is 18.2. The maximum absolute atomic E-state index is 5.27. The highest BCUT2D eigenvalue weighted by atomic mass is 127. The molecule has 0 atom stereocenters. The molecule has 0 aliphatic carbocycles. The van der Waals surface area contributed by atoms with Crippen LogP contribution in [0.5, 0.6) is 0 Å². The highest BCUT2D eigenvalue weighted by Crippen LogP contribution is 1.99. The van der Waals surface area contributed by atoms with Gasteiger partial charge in [0.1, 0.15) is 5.76 Å². The van der Waals surface area contributed by atoms with E-state index in [4.69, 9.17) is 9.15 Å². The molecule has 2 N–H and O–H groups in total. The van der Waals surface area contributed by atoms with Crippen LogP contribution in [0.3, 0.4) is 0 Å². The summed E-state index contributed by atoms with van der Waals surface area (Å²) in [6.07, 6.45) is 2.54. The van der Waals surface area contributed by atoms with E-state index in [0.29, 0.717) is 13.2 Å². The zero-order valence-corrected chi connectivity index (χ0v) is 14.0. The normalized spacial score (nSPS) is 10.9. The molecule has 1 aromatic heterocycles. The summed E-state index contributed by atoms with van der Waals surface area (Å²) in [5.41, 5.74) is 0. The largest absolute Gasteiger partial charge is 0.469 e. The maximum Gasteiger partial charge on any atom is 0.191 e. The average Bonchev–Trinajstić information content (AvgIpc) is 2.87.